The zero-order valence-corrected chi connectivity index (χ0v) is 12.7. The van der Waals surface area contributed by atoms with E-state index in [9.17, 15) is 9.59 Å². The van der Waals surface area contributed by atoms with Crippen LogP contribution in [0.2, 0.25) is 0 Å². The van der Waals surface area contributed by atoms with Crippen molar-refractivity contribution in [3.8, 4) is 16.9 Å². The van der Waals surface area contributed by atoms with Gasteiger partial charge in [0, 0.05) is 0 Å². The number of hydrogen-bond acceptors (Lipinski definition) is 3. The first-order valence-electron chi connectivity index (χ1n) is 7.17. The summed E-state index contributed by atoms with van der Waals surface area (Å²) in [5.74, 6) is -2.33. The highest BCUT2D eigenvalue weighted by Crippen LogP contribution is 2.23. The first-order chi connectivity index (χ1) is 11.0. The number of carbonyl (C=O) groups is 2. The predicted octanol–water partition coefficient (Wildman–Crippen LogP) is 3.08. The molecule has 0 aliphatic carbocycles. The maximum atomic E-state index is 11.1. The van der Waals surface area contributed by atoms with Crippen LogP contribution >= 0.6 is 0 Å². The van der Waals surface area contributed by atoms with Gasteiger partial charge in [0.15, 0.2) is 0 Å². The molecule has 0 aromatic heterocycles. The lowest BCUT2D eigenvalue weighted by atomic mass is 9.95. The summed E-state index contributed by atoms with van der Waals surface area (Å²) in [7, 11) is 1.61. The van der Waals surface area contributed by atoms with Crippen molar-refractivity contribution in [2.45, 2.75) is 12.8 Å². The molecule has 0 fully saturated rings. The van der Waals surface area contributed by atoms with Crippen molar-refractivity contribution in [2.75, 3.05) is 7.11 Å². The summed E-state index contributed by atoms with van der Waals surface area (Å²) in [6.45, 7) is 0. The van der Waals surface area contributed by atoms with Gasteiger partial charge in [-0.05, 0) is 35.2 Å². The molecule has 0 radical (unpaired) electrons. The van der Waals surface area contributed by atoms with E-state index in [-0.39, 0.29) is 12.8 Å². The number of methoxy groups -OCH3 is 1. The van der Waals surface area contributed by atoms with Crippen molar-refractivity contribution in [3.05, 3.63) is 54.1 Å². The average Bonchev–Trinajstić information content (AvgIpc) is 2.54. The van der Waals surface area contributed by atoms with Gasteiger partial charge < -0.3 is 14.9 Å². The molecule has 2 aromatic carbocycles. The third kappa shape index (κ3) is 4.57. The fraction of sp³-hybridized carbons (Fsp3) is 0.222. The molecule has 5 nitrogen and oxygen atoms in total. The molecule has 0 amide bonds. The van der Waals surface area contributed by atoms with Gasteiger partial charge in [-0.1, -0.05) is 36.4 Å². The Kier molecular flexibility index (Phi) is 5.36. The largest absolute Gasteiger partial charge is 0.497 e. The normalized spacial score (nSPS) is 11.7. The highest BCUT2D eigenvalue weighted by molar-refractivity contribution is 5.78. The van der Waals surface area contributed by atoms with E-state index in [0.29, 0.717) is 0 Å². The minimum absolute atomic E-state index is 0.199. The van der Waals surface area contributed by atoms with E-state index in [2.05, 4.69) is 0 Å². The Morgan fingerprint density at radius 1 is 0.957 bits per heavy atom. The van der Waals surface area contributed by atoms with Gasteiger partial charge >= 0.3 is 11.9 Å². The van der Waals surface area contributed by atoms with Crippen molar-refractivity contribution < 1.29 is 24.5 Å². The molecule has 0 spiro atoms. The monoisotopic (exact) mass is 314 g/mol. The third-order valence-electron chi connectivity index (χ3n) is 3.63. The van der Waals surface area contributed by atoms with Crippen molar-refractivity contribution in [2.24, 2.45) is 5.92 Å². The molecule has 2 aromatic rings. The van der Waals surface area contributed by atoms with E-state index in [1.54, 1.807) is 7.11 Å². The predicted molar refractivity (Wildman–Crippen MR) is 85.5 cm³/mol. The molecule has 1 atom stereocenters. The zero-order chi connectivity index (χ0) is 16.8. The van der Waals surface area contributed by atoms with Gasteiger partial charge in [-0.25, -0.2) is 0 Å². The van der Waals surface area contributed by atoms with Crippen LogP contribution in [0.4, 0.5) is 0 Å². The van der Waals surface area contributed by atoms with Crippen LogP contribution in [-0.4, -0.2) is 29.3 Å². The van der Waals surface area contributed by atoms with Gasteiger partial charge in [0.05, 0.1) is 19.4 Å². The molecule has 0 heterocycles. The van der Waals surface area contributed by atoms with Gasteiger partial charge in [-0.3, -0.25) is 9.59 Å². The molecule has 23 heavy (non-hydrogen) atoms. The van der Waals surface area contributed by atoms with Gasteiger partial charge in [-0.2, -0.15) is 0 Å². The molecule has 0 saturated carbocycles. The number of hydrogen-bond donors (Lipinski definition) is 2. The second-order valence-electron chi connectivity index (χ2n) is 5.26. The first kappa shape index (κ1) is 16.5. The maximum absolute atomic E-state index is 11.1. The molecule has 5 heteroatoms. The van der Waals surface area contributed by atoms with Gasteiger partial charge in [-0.15, -0.1) is 0 Å². The van der Waals surface area contributed by atoms with Crippen LogP contribution < -0.4 is 4.74 Å². The van der Waals surface area contributed by atoms with Crippen LogP contribution in [0.1, 0.15) is 12.0 Å². The van der Waals surface area contributed by atoms with Crippen molar-refractivity contribution >= 4 is 11.9 Å². The highest BCUT2D eigenvalue weighted by atomic mass is 16.5. The molecule has 0 bridgehead atoms. The minimum atomic E-state index is -1.10. The summed E-state index contributed by atoms with van der Waals surface area (Å²) in [4.78, 5) is 21.8. The second kappa shape index (κ2) is 7.45. The van der Waals surface area contributed by atoms with Gasteiger partial charge in [0.1, 0.15) is 5.75 Å². The number of ether oxygens (including phenoxy) is 1. The van der Waals surface area contributed by atoms with Crippen LogP contribution in [0.3, 0.4) is 0 Å². The van der Waals surface area contributed by atoms with E-state index in [0.717, 1.165) is 22.4 Å². The Balaban J connectivity index is 2.11. The summed E-state index contributed by atoms with van der Waals surface area (Å²) in [5.41, 5.74) is 2.83. The van der Waals surface area contributed by atoms with Crippen molar-refractivity contribution in [1.29, 1.82) is 0 Å². The number of carboxylic acids is 2. The summed E-state index contributed by atoms with van der Waals surface area (Å²) in [5, 5.41) is 17.9. The van der Waals surface area contributed by atoms with E-state index >= 15 is 0 Å². The van der Waals surface area contributed by atoms with Crippen LogP contribution in [0.5, 0.6) is 5.75 Å². The highest BCUT2D eigenvalue weighted by Gasteiger charge is 2.21. The fourth-order valence-electron chi connectivity index (χ4n) is 2.36. The maximum Gasteiger partial charge on any atom is 0.307 e. The number of rotatable bonds is 7. The molecule has 0 aliphatic heterocycles. The van der Waals surface area contributed by atoms with Crippen LogP contribution in [0.25, 0.3) is 11.1 Å². The average molecular weight is 314 g/mol. The fourth-order valence-corrected chi connectivity index (χ4v) is 2.36. The van der Waals surface area contributed by atoms with E-state index < -0.39 is 17.9 Å². The number of benzene rings is 2. The van der Waals surface area contributed by atoms with Crippen molar-refractivity contribution in [3.63, 3.8) is 0 Å². The topological polar surface area (TPSA) is 83.8 Å². The van der Waals surface area contributed by atoms with Gasteiger partial charge in [0.25, 0.3) is 0 Å². The molecular formula is C18H18O5. The molecule has 0 unspecified atom stereocenters. The number of aliphatic carboxylic acids is 2. The Morgan fingerprint density at radius 2 is 1.48 bits per heavy atom. The molecule has 2 rings (SSSR count). The quantitative estimate of drug-likeness (QED) is 0.820. The summed E-state index contributed by atoms with van der Waals surface area (Å²) in [6, 6.07) is 15.1. The summed E-state index contributed by atoms with van der Waals surface area (Å²) >= 11 is 0. The number of carboxylic acid groups (broad SMARTS) is 2. The standard InChI is InChI=1S/C18H18O5/c1-23-16-8-6-14(7-9-16)13-4-2-12(3-5-13)10-15(18(21)22)11-17(19)20/h2-9,15H,10-11H2,1H3,(H,19,20)(H,21,22)/t15-/m0/s1. The molecule has 2 N–H and O–H groups in total. The second-order valence-corrected chi connectivity index (χ2v) is 5.26. The lowest BCUT2D eigenvalue weighted by Crippen LogP contribution is -2.20. The molecule has 0 saturated heterocycles. The molecular weight excluding hydrogens is 296 g/mol. The van der Waals surface area contributed by atoms with E-state index in [1.165, 1.54) is 0 Å². The van der Waals surface area contributed by atoms with Crippen molar-refractivity contribution in [1.82, 2.24) is 0 Å². The molecule has 0 aliphatic rings. The van der Waals surface area contributed by atoms with Gasteiger partial charge in [0.2, 0.25) is 0 Å². The van der Waals surface area contributed by atoms with Crippen LogP contribution in [0, 0.1) is 5.92 Å². The zero-order valence-electron chi connectivity index (χ0n) is 12.7. The third-order valence-corrected chi connectivity index (χ3v) is 3.63. The van der Waals surface area contributed by atoms with Crippen LogP contribution in [-0.2, 0) is 16.0 Å². The lowest BCUT2D eigenvalue weighted by molar-refractivity contribution is -0.148. The summed E-state index contributed by atoms with van der Waals surface area (Å²) < 4.78 is 5.12. The van der Waals surface area contributed by atoms with E-state index in [4.69, 9.17) is 14.9 Å². The first-order valence-corrected chi connectivity index (χ1v) is 7.17. The lowest BCUT2D eigenvalue weighted by Gasteiger charge is -2.10. The Morgan fingerprint density at radius 3 is 1.91 bits per heavy atom. The Bertz CT molecular complexity index is 674. The molecule has 120 valence electrons. The van der Waals surface area contributed by atoms with Crippen LogP contribution in [0.15, 0.2) is 48.5 Å². The smallest absolute Gasteiger partial charge is 0.307 e. The SMILES string of the molecule is COc1ccc(-c2ccc(C[C@@H](CC(=O)O)C(=O)O)cc2)cc1. The minimum Gasteiger partial charge on any atom is -0.497 e. The van der Waals surface area contributed by atoms with E-state index in [1.807, 2.05) is 48.5 Å². The Hall–Kier alpha value is -2.82. The Labute approximate surface area is 134 Å². The summed E-state index contributed by atoms with van der Waals surface area (Å²) in [6.07, 6.45) is -0.180.